The third-order valence-electron chi connectivity index (χ3n) is 6.40. The van der Waals surface area contributed by atoms with Gasteiger partial charge in [0.2, 0.25) is 0 Å². The molecule has 2 aromatic carbocycles. The molecule has 0 spiro atoms. The maximum atomic E-state index is 5.67. The number of nitrogens with zero attached hydrogens (tertiary/aromatic N) is 2. The van der Waals surface area contributed by atoms with Gasteiger partial charge in [-0.2, -0.15) is 0 Å². The van der Waals surface area contributed by atoms with Crippen LogP contribution >= 0.6 is 0 Å². The third-order valence-corrected chi connectivity index (χ3v) is 6.40. The van der Waals surface area contributed by atoms with Gasteiger partial charge in [0.05, 0.1) is 17.6 Å². The lowest BCUT2D eigenvalue weighted by atomic mass is 9.89. The van der Waals surface area contributed by atoms with Crippen molar-refractivity contribution >= 4 is 16.7 Å². The molecule has 1 saturated carbocycles. The van der Waals surface area contributed by atoms with Gasteiger partial charge in [0.15, 0.2) is 0 Å². The topological polar surface area (TPSA) is 39.1 Å². The van der Waals surface area contributed by atoms with Crippen LogP contribution in [0.1, 0.15) is 49.1 Å². The van der Waals surface area contributed by atoms with Gasteiger partial charge < -0.3 is 14.6 Å². The van der Waals surface area contributed by atoms with Gasteiger partial charge in [-0.3, -0.25) is 0 Å². The molecule has 0 bridgehead atoms. The van der Waals surface area contributed by atoms with Gasteiger partial charge in [-0.25, -0.2) is 4.98 Å². The van der Waals surface area contributed by atoms with Gasteiger partial charge in [-0.1, -0.05) is 31.4 Å². The maximum Gasteiger partial charge on any atom is 0.122 e. The number of nitrogens with one attached hydrogen (secondary N) is 1. The van der Waals surface area contributed by atoms with Gasteiger partial charge in [0, 0.05) is 32.1 Å². The highest BCUT2D eigenvalue weighted by atomic mass is 16.5. The lowest BCUT2D eigenvalue weighted by Crippen LogP contribution is -2.16. The van der Waals surface area contributed by atoms with Crippen LogP contribution in [0, 0.1) is 5.92 Å². The molecule has 1 aromatic heterocycles. The van der Waals surface area contributed by atoms with Gasteiger partial charge in [-0.05, 0) is 54.2 Å². The number of ether oxygens (including phenoxy) is 1. The quantitative estimate of drug-likeness (QED) is 0.667. The Morgan fingerprint density at radius 2 is 2.00 bits per heavy atom. The fourth-order valence-electron chi connectivity index (χ4n) is 4.83. The Morgan fingerprint density at radius 1 is 1.11 bits per heavy atom. The first-order valence-electron chi connectivity index (χ1n) is 10.7. The van der Waals surface area contributed by atoms with Gasteiger partial charge in [-0.15, -0.1) is 0 Å². The van der Waals surface area contributed by atoms with Crippen LogP contribution in [0.4, 0.5) is 5.69 Å². The van der Waals surface area contributed by atoms with Crippen LogP contribution in [0.15, 0.2) is 36.4 Å². The van der Waals surface area contributed by atoms with Crippen molar-refractivity contribution in [1.82, 2.24) is 9.55 Å². The minimum Gasteiger partial charge on any atom is -0.493 e. The van der Waals surface area contributed by atoms with E-state index in [0.29, 0.717) is 0 Å². The second-order valence-corrected chi connectivity index (χ2v) is 8.31. The Hall–Kier alpha value is -2.49. The van der Waals surface area contributed by atoms with Crippen molar-refractivity contribution in [3.63, 3.8) is 0 Å². The number of aromatic nitrogens is 2. The van der Waals surface area contributed by atoms with E-state index in [0.717, 1.165) is 48.9 Å². The van der Waals surface area contributed by atoms with Gasteiger partial charge in [0.25, 0.3) is 0 Å². The molecule has 5 rings (SSSR count). The predicted octanol–water partition coefficient (Wildman–Crippen LogP) is 5.18. The van der Waals surface area contributed by atoms with Crippen LogP contribution in [0.25, 0.3) is 11.0 Å². The van der Waals surface area contributed by atoms with Crippen molar-refractivity contribution in [3.05, 3.63) is 53.3 Å². The number of fused-ring (bicyclic) bond motifs is 2. The molecule has 2 heterocycles. The molecule has 1 aliphatic heterocycles. The minimum absolute atomic E-state index is 0.780. The first-order chi connectivity index (χ1) is 13.8. The molecule has 1 aliphatic carbocycles. The lowest BCUT2D eigenvalue weighted by molar-refractivity contribution is 0.319. The van der Waals surface area contributed by atoms with E-state index < -0.39 is 0 Å². The molecular formula is C24H29N3O. The Balaban J connectivity index is 1.51. The summed E-state index contributed by atoms with van der Waals surface area (Å²) < 4.78 is 8.17. The molecular weight excluding hydrogens is 346 g/mol. The van der Waals surface area contributed by atoms with Gasteiger partial charge in [0.1, 0.15) is 11.6 Å². The third kappa shape index (κ3) is 3.36. The highest BCUT2D eigenvalue weighted by molar-refractivity contribution is 5.80. The molecule has 4 heteroatoms. The summed E-state index contributed by atoms with van der Waals surface area (Å²) in [5, 5.41) is 3.24. The minimum atomic E-state index is 0.780. The van der Waals surface area contributed by atoms with Crippen LogP contribution in [-0.4, -0.2) is 23.2 Å². The summed E-state index contributed by atoms with van der Waals surface area (Å²) in [5.41, 5.74) is 6.16. The summed E-state index contributed by atoms with van der Waals surface area (Å²) in [5.74, 6) is 3.02. The Morgan fingerprint density at radius 3 is 2.86 bits per heavy atom. The van der Waals surface area contributed by atoms with Crippen LogP contribution in [0.5, 0.6) is 5.75 Å². The first-order valence-corrected chi connectivity index (χ1v) is 10.7. The Kier molecular flexibility index (Phi) is 4.71. The van der Waals surface area contributed by atoms with E-state index in [1.165, 1.54) is 54.6 Å². The van der Waals surface area contributed by atoms with E-state index in [1.807, 2.05) is 7.05 Å². The first kappa shape index (κ1) is 17.6. The van der Waals surface area contributed by atoms with Crippen molar-refractivity contribution in [2.75, 3.05) is 19.0 Å². The molecule has 1 N–H and O–H groups in total. The van der Waals surface area contributed by atoms with Gasteiger partial charge >= 0.3 is 0 Å². The second kappa shape index (κ2) is 7.50. The summed E-state index contributed by atoms with van der Waals surface area (Å²) in [6.45, 7) is 1.91. The van der Waals surface area contributed by atoms with Crippen LogP contribution < -0.4 is 10.1 Å². The fraction of sp³-hybridized carbons (Fsp3) is 0.458. The summed E-state index contributed by atoms with van der Waals surface area (Å²) in [6.07, 6.45) is 8.75. The molecule has 0 amide bonds. The SMILES string of the molecule is CNc1ccc2c(c1)nc(Cc1ccc3c(c1)CCO3)n2CC1CCCCC1. The predicted molar refractivity (Wildman–Crippen MR) is 114 cm³/mol. The number of rotatable bonds is 5. The summed E-state index contributed by atoms with van der Waals surface area (Å²) in [6, 6.07) is 13.2. The van der Waals surface area contributed by atoms with E-state index >= 15 is 0 Å². The van der Waals surface area contributed by atoms with Crippen LogP contribution in [-0.2, 0) is 19.4 Å². The zero-order valence-corrected chi connectivity index (χ0v) is 16.7. The van der Waals surface area contributed by atoms with E-state index in [4.69, 9.17) is 9.72 Å². The highest BCUT2D eigenvalue weighted by Crippen LogP contribution is 2.30. The smallest absolute Gasteiger partial charge is 0.122 e. The largest absolute Gasteiger partial charge is 0.493 e. The molecule has 2 aliphatic rings. The van der Waals surface area contributed by atoms with Crippen LogP contribution in [0.2, 0.25) is 0 Å². The number of hydrogen-bond acceptors (Lipinski definition) is 3. The van der Waals surface area contributed by atoms with Crippen molar-refractivity contribution in [2.45, 2.75) is 51.5 Å². The molecule has 0 radical (unpaired) electrons. The molecule has 0 saturated heterocycles. The average Bonchev–Trinajstić information content (AvgIpc) is 3.33. The Bertz CT molecular complexity index is 985. The molecule has 0 atom stereocenters. The van der Waals surface area contributed by atoms with Crippen molar-refractivity contribution in [2.24, 2.45) is 5.92 Å². The number of hydrogen-bond donors (Lipinski definition) is 1. The van der Waals surface area contributed by atoms with Crippen molar-refractivity contribution < 1.29 is 4.74 Å². The van der Waals surface area contributed by atoms with E-state index in [9.17, 15) is 0 Å². The molecule has 3 aromatic rings. The number of benzene rings is 2. The monoisotopic (exact) mass is 375 g/mol. The summed E-state index contributed by atoms with van der Waals surface area (Å²) in [4.78, 5) is 5.07. The zero-order chi connectivity index (χ0) is 18.9. The molecule has 28 heavy (non-hydrogen) atoms. The maximum absolute atomic E-state index is 5.67. The average molecular weight is 376 g/mol. The van der Waals surface area contributed by atoms with E-state index in [2.05, 4.69) is 46.3 Å². The van der Waals surface area contributed by atoms with Crippen LogP contribution in [0.3, 0.4) is 0 Å². The second-order valence-electron chi connectivity index (χ2n) is 8.31. The zero-order valence-electron chi connectivity index (χ0n) is 16.7. The van der Waals surface area contributed by atoms with Crippen molar-refractivity contribution in [3.8, 4) is 5.75 Å². The summed E-state index contributed by atoms with van der Waals surface area (Å²) in [7, 11) is 1.97. The standard InChI is InChI=1S/C24H29N3O/c1-25-20-8-9-22-21(15-20)26-24(27(22)16-17-5-3-2-4-6-17)14-18-7-10-23-19(13-18)11-12-28-23/h7-10,13,15,17,25H,2-6,11-12,14,16H2,1H3. The van der Waals surface area contributed by atoms with Crippen molar-refractivity contribution in [1.29, 1.82) is 0 Å². The molecule has 1 fully saturated rings. The number of imidazole rings is 1. The highest BCUT2D eigenvalue weighted by Gasteiger charge is 2.19. The molecule has 0 unspecified atom stereocenters. The van der Waals surface area contributed by atoms with E-state index in [-0.39, 0.29) is 0 Å². The normalized spacial score (nSPS) is 16.9. The number of anilines is 1. The fourth-order valence-corrected chi connectivity index (χ4v) is 4.83. The lowest BCUT2D eigenvalue weighted by Gasteiger charge is -2.23. The Labute approximate surface area is 166 Å². The summed E-state index contributed by atoms with van der Waals surface area (Å²) >= 11 is 0. The molecule has 4 nitrogen and oxygen atoms in total. The molecule has 146 valence electrons. The van der Waals surface area contributed by atoms with E-state index in [1.54, 1.807) is 0 Å².